The number of ether oxygens (including phenoxy) is 2. The number of fused-ring (bicyclic) bond motifs is 1. The fourth-order valence-corrected chi connectivity index (χ4v) is 2.78. The van der Waals surface area contributed by atoms with Gasteiger partial charge in [-0.2, -0.15) is 0 Å². The van der Waals surface area contributed by atoms with Crippen molar-refractivity contribution in [3.05, 3.63) is 48.0 Å². The van der Waals surface area contributed by atoms with E-state index in [4.69, 9.17) is 9.47 Å². The maximum absolute atomic E-state index is 5.60. The van der Waals surface area contributed by atoms with Crippen molar-refractivity contribution in [2.75, 3.05) is 38.8 Å². The second kappa shape index (κ2) is 9.44. The monoisotopic (exact) mass is 342 g/mol. The number of hydrogen-bond donors (Lipinski definition) is 1. The molecule has 4 heteroatoms. The van der Waals surface area contributed by atoms with Crippen molar-refractivity contribution < 1.29 is 9.47 Å². The fraction of sp³-hybridized carbons (Fsp3) is 0.429. The van der Waals surface area contributed by atoms with E-state index in [-0.39, 0.29) is 6.29 Å². The van der Waals surface area contributed by atoms with Crippen LogP contribution in [0.25, 0.3) is 16.5 Å². The van der Waals surface area contributed by atoms with Gasteiger partial charge in [0.25, 0.3) is 0 Å². The molecule has 0 saturated carbocycles. The highest BCUT2D eigenvalue weighted by atomic mass is 16.7. The van der Waals surface area contributed by atoms with E-state index in [9.17, 15) is 0 Å². The molecule has 0 saturated heterocycles. The third-order valence-corrected chi connectivity index (χ3v) is 4.10. The molecule has 0 spiro atoms. The Balaban J connectivity index is 2.16. The van der Waals surface area contributed by atoms with Gasteiger partial charge in [-0.1, -0.05) is 24.3 Å². The summed E-state index contributed by atoms with van der Waals surface area (Å²) in [5.74, 6) is 0. The molecule has 0 aliphatic heterocycles. The van der Waals surface area contributed by atoms with Crippen molar-refractivity contribution >= 4 is 22.2 Å². The topological polar surface area (TPSA) is 33.7 Å². The van der Waals surface area contributed by atoms with Crippen molar-refractivity contribution in [1.29, 1.82) is 0 Å². The van der Waals surface area contributed by atoms with Crippen molar-refractivity contribution in [2.45, 2.75) is 27.1 Å². The molecular weight excluding hydrogens is 312 g/mol. The summed E-state index contributed by atoms with van der Waals surface area (Å²) in [5, 5.41) is 5.93. The summed E-state index contributed by atoms with van der Waals surface area (Å²) in [6.45, 7) is 7.90. The highest BCUT2D eigenvalue weighted by Crippen LogP contribution is 2.24. The van der Waals surface area contributed by atoms with Gasteiger partial charge in [-0.15, -0.1) is 0 Å². The number of nitrogens with one attached hydrogen (secondary N) is 1. The van der Waals surface area contributed by atoms with Crippen LogP contribution in [0.5, 0.6) is 0 Å². The van der Waals surface area contributed by atoms with Gasteiger partial charge >= 0.3 is 0 Å². The van der Waals surface area contributed by atoms with Gasteiger partial charge in [-0.05, 0) is 55.3 Å². The van der Waals surface area contributed by atoms with Crippen LogP contribution in [0.1, 0.15) is 26.3 Å². The van der Waals surface area contributed by atoms with Crippen LogP contribution in [-0.2, 0) is 9.47 Å². The maximum Gasteiger partial charge on any atom is 0.174 e. The third kappa shape index (κ3) is 5.21. The molecule has 0 unspecified atom stereocenters. The van der Waals surface area contributed by atoms with Gasteiger partial charge in [-0.25, -0.2) is 0 Å². The summed E-state index contributed by atoms with van der Waals surface area (Å²) in [7, 11) is 4.12. The number of nitrogens with zero attached hydrogens (tertiary/aromatic N) is 1. The van der Waals surface area contributed by atoms with Crippen LogP contribution in [0.15, 0.2) is 42.5 Å². The number of hydrogen-bond acceptors (Lipinski definition) is 4. The molecule has 25 heavy (non-hydrogen) atoms. The predicted molar refractivity (Wildman–Crippen MR) is 107 cm³/mol. The zero-order chi connectivity index (χ0) is 18.2. The van der Waals surface area contributed by atoms with Crippen LogP contribution in [-0.4, -0.2) is 40.1 Å². The first-order chi connectivity index (χ1) is 12.1. The first-order valence-electron chi connectivity index (χ1n) is 8.93. The normalized spacial score (nSPS) is 12.0. The Morgan fingerprint density at radius 2 is 1.68 bits per heavy atom. The van der Waals surface area contributed by atoms with E-state index in [0.717, 1.165) is 5.70 Å². The molecule has 2 aromatic rings. The van der Waals surface area contributed by atoms with E-state index >= 15 is 0 Å². The Bertz CT molecular complexity index is 704. The summed E-state index contributed by atoms with van der Waals surface area (Å²) in [5.41, 5.74) is 3.46. The van der Waals surface area contributed by atoms with Crippen LogP contribution in [0.3, 0.4) is 0 Å². The lowest BCUT2D eigenvalue weighted by Gasteiger charge is -2.20. The molecule has 0 heterocycles. The van der Waals surface area contributed by atoms with Crippen molar-refractivity contribution in [2.24, 2.45) is 0 Å². The Morgan fingerprint density at radius 3 is 2.28 bits per heavy atom. The van der Waals surface area contributed by atoms with Crippen LogP contribution < -0.4 is 10.2 Å². The molecule has 0 aromatic heterocycles. The SMILES string of the molecule is C/C=C(/NCC(OCC)OCC)c1ccc2cc(N(C)C)ccc2c1. The van der Waals surface area contributed by atoms with Crippen molar-refractivity contribution in [3.8, 4) is 0 Å². The van der Waals surface area contributed by atoms with E-state index in [0.29, 0.717) is 19.8 Å². The lowest BCUT2D eigenvalue weighted by atomic mass is 10.0. The van der Waals surface area contributed by atoms with E-state index in [1.807, 2.05) is 20.8 Å². The summed E-state index contributed by atoms with van der Waals surface area (Å²) in [6.07, 6.45) is 1.86. The first-order valence-corrected chi connectivity index (χ1v) is 8.93. The summed E-state index contributed by atoms with van der Waals surface area (Å²) in [6, 6.07) is 13.1. The minimum absolute atomic E-state index is 0.229. The van der Waals surface area contributed by atoms with Crippen molar-refractivity contribution in [1.82, 2.24) is 5.32 Å². The molecule has 0 atom stereocenters. The Morgan fingerprint density at radius 1 is 1.04 bits per heavy atom. The van der Waals surface area contributed by atoms with Gasteiger partial charge in [0.2, 0.25) is 0 Å². The van der Waals surface area contributed by atoms with Gasteiger partial charge in [0.05, 0.1) is 6.54 Å². The molecule has 0 radical (unpaired) electrons. The molecule has 4 nitrogen and oxygen atoms in total. The number of allylic oxidation sites excluding steroid dienone is 1. The Hall–Kier alpha value is -2.04. The molecular formula is C21H30N2O2. The second-order valence-electron chi connectivity index (χ2n) is 6.06. The average Bonchev–Trinajstić information content (AvgIpc) is 2.61. The van der Waals surface area contributed by atoms with E-state index < -0.39 is 0 Å². The number of anilines is 1. The molecule has 2 aromatic carbocycles. The average molecular weight is 342 g/mol. The Kier molecular flexibility index (Phi) is 7.29. The molecule has 0 aliphatic rings. The lowest BCUT2D eigenvalue weighted by Crippen LogP contribution is -2.30. The number of rotatable bonds is 9. The molecule has 0 fully saturated rings. The molecule has 0 bridgehead atoms. The standard InChI is InChI=1S/C21H30N2O2/c1-6-20(22-15-21(24-7-2)25-8-3)18-10-9-17-14-19(23(4)5)12-11-16(17)13-18/h6,9-14,21-22H,7-8,15H2,1-5H3/b20-6+. The van der Waals surface area contributed by atoms with E-state index in [1.165, 1.54) is 22.0 Å². The van der Waals surface area contributed by atoms with Gasteiger partial charge in [0, 0.05) is 38.7 Å². The quantitative estimate of drug-likeness (QED) is 0.691. The second-order valence-corrected chi connectivity index (χ2v) is 6.06. The molecule has 1 N–H and O–H groups in total. The predicted octanol–water partition coefficient (Wildman–Crippen LogP) is 4.26. The minimum atomic E-state index is -0.229. The van der Waals surface area contributed by atoms with Crippen LogP contribution >= 0.6 is 0 Å². The van der Waals surface area contributed by atoms with Gasteiger partial charge in [0.1, 0.15) is 0 Å². The highest BCUT2D eigenvalue weighted by Gasteiger charge is 2.09. The van der Waals surface area contributed by atoms with Gasteiger partial charge in [-0.3, -0.25) is 0 Å². The molecule has 0 aliphatic carbocycles. The van der Waals surface area contributed by atoms with Crippen LogP contribution in [0.4, 0.5) is 5.69 Å². The summed E-state index contributed by atoms with van der Waals surface area (Å²) in [4.78, 5) is 2.12. The van der Waals surface area contributed by atoms with Gasteiger partial charge in [0.15, 0.2) is 6.29 Å². The smallest absolute Gasteiger partial charge is 0.174 e. The molecule has 0 amide bonds. The fourth-order valence-electron chi connectivity index (χ4n) is 2.78. The van der Waals surface area contributed by atoms with Crippen LogP contribution in [0.2, 0.25) is 0 Å². The lowest BCUT2D eigenvalue weighted by molar-refractivity contribution is -0.131. The third-order valence-electron chi connectivity index (χ3n) is 4.10. The van der Waals surface area contributed by atoms with E-state index in [2.05, 4.69) is 66.8 Å². The number of benzene rings is 2. The van der Waals surface area contributed by atoms with Gasteiger partial charge < -0.3 is 19.7 Å². The van der Waals surface area contributed by atoms with Crippen LogP contribution in [0, 0.1) is 0 Å². The maximum atomic E-state index is 5.60. The zero-order valence-electron chi connectivity index (χ0n) is 16.0. The largest absolute Gasteiger partial charge is 0.380 e. The zero-order valence-corrected chi connectivity index (χ0v) is 16.0. The molecule has 136 valence electrons. The van der Waals surface area contributed by atoms with E-state index in [1.54, 1.807) is 0 Å². The minimum Gasteiger partial charge on any atom is -0.380 e. The summed E-state index contributed by atoms with van der Waals surface area (Å²) >= 11 is 0. The first kappa shape index (κ1) is 19.3. The Labute approximate surface area is 151 Å². The highest BCUT2D eigenvalue weighted by molar-refractivity contribution is 5.88. The van der Waals surface area contributed by atoms with Crippen molar-refractivity contribution in [3.63, 3.8) is 0 Å². The summed E-state index contributed by atoms with van der Waals surface area (Å²) < 4.78 is 11.2. The molecule has 2 rings (SSSR count).